The number of rotatable bonds is 7. The molecule has 0 aliphatic carbocycles. The van der Waals surface area contributed by atoms with Gasteiger partial charge >= 0.3 is 12.1 Å². The zero-order valence-electron chi connectivity index (χ0n) is 15.7. The third-order valence-corrected chi connectivity index (χ3v) is 4.47. The number of benzene rings is 2. The molecule has 27 heavy (non-hydrogen) atoms. The van der Waals surface area contributed by atoms with Crippen molar-refractivity contribution in [1.82, 2.24) is 4.90 Å². The third-order valence-electron chi connectivity index (χ3n) is 3.95. The average molecular weight is 434 g/mol. The predicted octanol–water partition coefficient (Wildman–Crippen LogP) is 5.10. The molecule has 6 heteroatoms. The highest BCUT2D eigenvalue weighted by Gasteiger charge is 2.35. The second-order valence-electron chi connectivity index (χ2n) is 6.25. The molecule has 0 aliphatic heterocycles. The van der Waals surface area contributed by atoms with E-state index in [-0.39, 0.29) is 19.3 Å². The number of hydrogen-bond acceptors (Lipinski definition) is 4. The van der Waals surface area contributed by atoms with E-state index in [1.807, 2.05) is 56.3 Å². The third kappa shape index (κ3) is 5.82. The Morgan fingerprint density at radius 1 is 1.00 bits per heavy atom. The molecule has 144 valence electrons. The van der Waals surface area contributed by atoms with E-state index in [9.17, 15) is 9.59 Å². The van der Waals surface area contributed by atoms with Gasteiger partial charge in [0.1, 0.15) is 6.61 Å². The highest BCUT2D eigenvalue weighted by molar-refractivity contribution is 9.10. The van der Waals surface area contributed by atoms with E-state index < -0.39 is 18.1 Å². The summed E-state index contributed by atoms with van der Waals surface area (Å²) >= 11 is 3.39. The molecule has 0 aromatic heterocycles. The Kier molecular flexibility index (Phi) is 7.85. The number of hydrogen-bond donors (Lipinski definition) is 0. The monoisotopic (exact) mass is 433 g/mol. The average Bonchev–Trinajstić information content (AvgIpc) is 2.65. The van der Waals surface area contributed by atoms with Crippen molar-refractivity contribution in [3.8, 4) is 0 Å². The number of halogens is 1. The van der Waals surface area contributed by atoms with Gasteiger partial charge in [0.05, 0.1) is 6.61 Å². The fourth-order valence-corrected chi connectivity index (χ4v) is 2.95. The molecule has 0 N–H and O–H groups in total. The number of carbonyl (C=O) groups is 2. The van der Waals surface area contributed by atoms with Crippen LogP contribution < -0.4 is 0 Å². The fraction of sp³-hybridized carbons (Fsp3) is 0.333. The van der Waals surface area contributed by atoms with Crippen molar-refractivity contribution in [2.45, 2.75) is 39.5 Å². The summed E-state index contributed by atoms with van der Waals surface area (Å²) in [6.07, 6.45) is -0.560. The summed E-state index contributed by atoms with van der Waals surface area (Å²) in [5, 5.41) is 0. The van der Waals surface area contributed by atoms with Gasteiger partial charge < -0.3 is 9.47 Å². The molecule has 0 saturated carbocycles. The van der Waals surface area contributed by atoms with Gasteiger partial charge in [0.2, 0.25) is 0 Å². The van der Waals surface area contributed by atoms with Crippen molar-refractivity contribution in [3.63, 3.8) is 0 Å². The lowest BCUT2D eigenvalue weighted by Crippen LogP contribution is -2.44. The molecule has 2 aromatic rings. The van der Waals surface area contributed by atoms with Gasteiger partial charge in [0.25, 0.3) is 0 Å². The molecule has 5 nitrogen and oxygen atoms in total. The van der Waals surface area contributed by atoms with E-state index in [1.165, 1.54) is 4.90 Å². The standard InChI is InChI=1S/C21H24BrNO4/c1-4-26-20(24)19(17-10-12-18(22)13-11-17)23(15(2)3)21(25)27-14-16-8-6-5-7-9-16/h5-13,15,19H,4,14H2,1-3H3. The lowest BCUT2D eigenvalue weighted by Gasteiger charge is -2.33. The Bertz CT molecular complexity index is 747. The molecule has 0 fully saturated rings. The summed E-state index contributed by atoms with van der Waals surface area (Å²) in [6, 6.07) is 15.5. The molecule has 0 spiro atoms. The predicted molar refractivity (Wildman–Crippen MR) is 107 cm³/mol. The molecule has 0 heterocycles. The van der Waals surface area contributed by atoms with Crippen molar-refractivity contribution in [2.24, 2.45) is 0 Å². The normalized spacial score (nSPS) is 11.7. The van der Waals surface area contributed by atoms with E-state index in [0.717, 1.165) is 10.0 Å². The quantitative estimate of drug-likeness (QED) is 0.569. The number of carbonyl (C=O) groups excluding carboxylic acids is 2. The van der Waals surface area contributed by atoms with Crippen LogP contribution in [0.15, 0.2) is 59.1 Å². The van der Waals surface area contributed by atoms with Crippen LogP contribution in [-0.4, -0.2) is 29.6 Å². The van der Waals surface area contributed by atoms with Crippen LogP contribution in [0, 0.1) is 0 Å². The highest BCUT2D eigenvalue weighted by Crippen LogP contribution is 2.27. The summed E-state index contributed by atoms with van der Waals surface area (Å²) in [7, 11) is 0. The Balaban J connectivity index is 2.27. The first-order chi connectivity index (χ1) is 12.9. The highest BCUT2D eigenvalue weighted by atomic mass is 79.9. The molecule has 1 atom stereocenters. The van der Waals surface area contributed by atoms with Crippen molar-refractivity contribution in [3.05, 3.63) is 70.2 Å². The minimum Gasteiger partial charge on any atom is -0.464 e. The van der Waals surface area contributed by atoms with Crippen LogP contribution in [0.5, 0.6) is 0 Å². The number of nitrogens with zero attached hydrogens (tertiary/aromatic N) is 1. The van der Waals surface area contributed by atoms with Crippen LogP contribution in [0.1, 0.15) is 37.9 Å². The smallest absolute Gasteiger partial charge is 0.411 e. The summed E-state index contributed by atoms with van der Waals surface area (Å²) < 4.78 is 11.6. The minimum atomic E-state index is -0.874. The summed E-state index contributed by atoms with van der Waals surface area (Å²) in [5.74, 6) is -0.481. The first-order valence-corrected chi connectivity index (χ1v) is 9.64. The fourth-order valence-electron chi connectivity index (χ4n) is 2.68. The van der Waals surface area contributed by atoms with Gasteiger partial charge in [0, 0.05) is 10.5 Å². The maximum atomic E-state index is 12.8. The Hall–Kier alpha value is -2.34. The second kappa shape index (κ2) is 10.1. The molecule has 1 unspecified atom stereocenters. The van der Waals surface area contributed by atoms with Crippen molar-refractivity contribution in [2.75, 3.05) is 6.61 Å². The van der Waals surface area contributed by atoms with Crippen molar-refractivity contribution in [1.29, 1.82) is 0 Å². The largest absolute Gasteiger partial charge is 0.464 e. The van der Waals surface area contributed by atoms with Crippen LogP contribution in [0.3, 0.4) is 0 Å². The van der Waals surface area contributed by atoms with Gasteiger partial charge in [-0.05, 0) is 44.0 Å². The van der Waals surface area contributed by atoms with Crippen molar-refractivity contribution < 1.29 is 19.1 Å². The van der Waals surface area contributed by atoms with Gasteiger partial charge in [0.15, 0.2) is 6.04 Å². The van der Waals surface area contributed by atoms with E-state index in [2.05, 4.69) is 15.9 Å². The van der Waals surface area contributed by atoms with Crippen LogP contribution in [-0.2, 0) is 20.9 Å². The molecular formula is C21H24BrNO4. The van der Waals surface area contributed by atoms with Crippen LogP contribution in [0.25, 0.3) is 0 Å². The lowest BCUT2D eigenvalue weighted by atomic mass is 10.0. The topological polar surface area (TPSA) is 55.8 Å². The molecule has 0 saturated heterocycles. The Morgan fingerprint density at radius 3 is 2.19 bits per heavy atom. The summed E-state index contributed by atoms with van der Waals surface area (Å²) in [4.78, 5) is 26.9. The number of esters is 1. The Labute approximate surface area is 168 Å². The molecule has 0 aliphatic rings. The maximum Gasteiger partial charge on any atom is 0.411 e. The van der Waals surface area contributed by atoms with Crippen LogP contribution >= 0.6 is 15.9 Å². The Morgan fingerprint density at radius 2 is 1.63 bits per heavy atom. The molecule has 2 rings (SSSR count). The molecule has 2 aromatic carbocycles. The van der Waals surface area contributed by atoms with E-state index in [0.29, 0.717) is 5.56 Å². The first kappa shape index (κ1) is 21.0. The van der Waals surface area contributed by atoms with Gasteiger partial charge in [-0.2, -0.15) is 0 Å². The van der Waals surface area contributed by atoms with Gasteiger partial charge in [-0.3, -0.25) is 4.90 Å². The van der Waals surface area contributed by atoms with Gasteiger partial charge in [-0.1, -0.05) is 58.4 Å². The van der Waals surface area contributed by atoms with Crippen LogP contribution in [0.4, 0.5) is 4.79 Å². The summed E-state index contributed by atoms with van der Waals surface area (Å²) in [6.45, 7) is 5.79. The lowest BCUT2D eigenvalue weighted by molar-refractivity contribution is -0.150. The zero-order valence-corrected chi connectivity index (χ0v) is 17.3. The van der Waals surface area contributed by atoms with Gasteiger partial charge in [-0.25, -0.2) is 9.59 Å². The number of ether oxygens (including phenoxy) is 2. The van der Waals surface area contributed by atoms with Crippen molar-refractivity contribution >= 4 is 28.0 Å². The van der Waals surface area contributed by atoms with E-state index in [4.69, 9.17) is 9.47 Å². The molecule has 0 radical (unpaired) electrons. The van der Waals surface area contributed by atoms with E-state index in [1.54, 1.807) is 19.1 Å². The zero-order chi connectivity index (χ0) is 19.8. The molecular weight excluding hydrogens is 410 g/mol. The first-order valence-electron chi connectivity index (χ1n) is 8.85. The summed E-state index contributed by atoms with van der Waals surface area (Å²) in [5.41, 5.74) is 1.55. The number of amides is 1. The minimum absolute atomic E-state index is 0.138. The SMILES string of the molecule is CCOC(=O)C(c1ccc(Br)cc1)N(C(=O)OCc1ccccc1)C(C)C. The van der Waals surface area contributed by atoms with Crippen LogP contribution in [0.2, 0.25) is 0 Å². The molecule has 1 amide bonds. The van der Waals surface area contributed by atoms with E-state index >= 15 is 0 Å². The maximum absolute atomic E-state index is 12.8. The second-order valence-corrected chi connectivity index (χ2v) is 7.16. The van der Waals surface area contributed by atoms with Gasteiger partial charge in [-0.15, -0.1) is 0 Å². The molecule has 0 bridgehead atoms.